The minimum atomic E-state index is 0.630. The second-order valence-electron chi connectivity index (χ2n) is 12.8. The van der Waals surface area contributed by atoms with Crippen molar-refractivity contribution in [2.24, 2.45) is 0 Å². The molecule has 4 heteroatoms. The third kappa shape index (κ3) is 4.88. The van der Waals surface area contributed by atoms with Crippen LogP contribution in [-0.4, -0.2) is 9.55 Å². The molecule has 8 aromatic carbocycles. The van der Waals surface area contributed by atoms with Gasteiger partial charge in [0.1, 0.15) is 5.52 Å². The van der Waals surface area contributed by atoms with Gasteiger partial charge in [0.05, 0.1) is 11.0 Å². The van der Waals surface area contributed by atoms with E-state index in [0.717, 1.165) is 61.3 Å². The van der Waals surface area contributed by atoms with Crippen molar-refractivity contribution in [3.05, 3.63) is 188 Å². The minimum Gasteiger partial charge on any atom is -0.436 e. The van der Waals surface area contributed by atoms with Crippen LogP contribution in [-0.2, 0) is 0 Å². The van der Waals surface area contributed by atoms with Gasteiger partial charge in [-0.3, -0.25) is 0 Å². The molecule has 0 aliphatic carbocycles. The highest BCUT2D eigenvalue weighted by Gasteiger charge is 2.18. The van der Waals surface area contributed by atoms with E-state index < -0.39 is 0 Å². The number of para-hydroxylation sites is 3. The summed E-state index contributed by atoms with van der Waals surface area (Å²) in [6.07, 6.45) is 0. The largest absolute Gasteiger partial charge is 0.436 e. The van der Waals surface area contributed by atoms with Crippen LogP contribution in [0.5, 0.6) is 0 Å². The van der Waals surface area contributed by atoms with Crippen LogP contribution in [0.4, 0.5) is 17.1 Å². The maximum atomic E-state index is 6.36. The van der Waals surface area contributed by atoms with Gasteiger partial charge in [0.15, 0.2) is 5.58 Å². The van der Waals surface area contributed by atoms with Crippen LogP contribution in [0.25, 0.3) is 71.9 Å². The van der Waals surface area contributed by atoms with Crippen molar-refractivity contribution in [2.45, 2.75) is 0 Å². The maximum Gasteiger partial charge on any atom is 0.227 e. The van der Waals surface area contributed by atoms with E-state index in [-0.39, 0.29) is 0 Å². The molecule has 0 bridgehead atoms. The third-order valence-corrected chi connectivity index (χ3v) is 9.82. The van der Waals surface area contributed by atoms with Crippen LogP contribution in [0.1, 0.15) is 0 Å². The average molecular weight is 654 g/mol. The number of fused-ring (bicyclic) bond motifs is 6. The summed E-state index contributed by atoms with van der Waals surface area (Å²) in [5, 5.41) is 4.74. The molecule has 0 aliphatic heterocycles. The second-order valence-corrected chi connectivity index (χ2v) is 12.8. The summed E-state index contributed by atoms with van der Waals surface area (Å²) in [5.74, 6) is 0.630. The van der Waals surface area contributed by atoms with Crippen molar-refractivity contribution in [1.82, 2.24) is 9.55 Å². The predicted molar refractivity (Wildman–Crippen MR) is 211 cm³/mol. The van der Waals surface area contributed by atoms with Crippen LogP contribution in [0.15, 0.2) is 192 Å². The van der Waals surface area contributed by atoms with Crippen molar-refractivity contribution in [3.63, 3.8) is 0 Å². The quantitative estimate of drug-likeness (QED) is 0.179. The van der Waals surface area contributed by atoms with Gasteiger partial charge in [0, 0.05) is 44.5 Å². The maximum absolute atomic E-state index is 6.36. The molecule has 0 saturated carbocycles. The molecule has 2 aromatic heterocycles. The van der Waals surface area contributed by atoms with Gasteiger partial charge in [0.25, 0.3) is 0 Å². The lowest BCUT2D eigenvalue weighted by Gasteiger charge is -2.26. The molecule has 0 unspecified atom stereocenters. The summed E-state index contributed by atoms with van der Waals surface area (Å²) in [6, 6.07) is 66.2. The Bertz CT molecular complexity index is 2780. The van der Waals surface area contributed by atoms with Gasteiger partial charge in [-0.15, -0.1) is 0 Å². The van der Waals surface area contributed by atoms with E-state index in [9.17, 15) is 0 Å². The Kier molecular flexibility index (Phi) is 6.78. The summed E-state index contributed by atoms with van der Waals surface area (Å²) in [7, 11) is 0. The molecule has 10 aromatic rings. The van der Waals surface area contributed by atoms with Crippen molar-refractivity contribution >= 4 is 60.7 Å². The van der Waals surface area contributed by atoms with Gasteiger partial charge >= 0.3 is 0 Å². The Morgan fingerprint density at radius 2 is 0.941 bits per heavy atom. The third-order valence-electron chi connectivity index (χ3n) is 9.82. The molecule has 0 aliphatic rings. The Hall–Kier alpha value is -6.91. The monoisotopic (exact) mass is 653 g/mol. The molecular formula is C47H31N3O. The molecule has 51 heavy (non-hydrogen) atoms. The zero-order chi connectivity index (χ0) is 33.7. The summed E-state index contributed by atoms with van der Waals surface area (Å²) in [6.45, 7) is 0. The van der Waals surface area contributed by atoms with Crippen molar-refractivity contribution < 1.29 is 4.42 Å². The highest BCUT2D eigenvalue weighted by molar-refractivity contribution is 6.11. The van der Waals surface area contributed by atoms with Crippen LogP contribution in [0.2, 0.25) is 0 Å². The SMILES string of the molecule is c1ccc(-c2nc3c(cc(-c4ccc(N(c5ccccc5)c5ccc(-n6c7ccccc7c7ccccc76)cc5)cc4)c4ccccc43)o2)cc1. The zero-order valence-corrected chi connectivity index (χ0v) is 27.6. The van der Waals surface area contributed by atoms with Crippen molar-refractivity contribution in [1.29, 1.82) is 0 Å². The number of oxazole rings is 1. The molecule has 0 N–H and O–H groups in total. The first-order valence-corrected chi connectivity index (χ1v) is 17.2. The molecule has 0 atom stereocenters. The van der Waals surface area contributed by atoms with E-state index in [0.29, 0.717) is 5.89 Å². The van der Waals surface area contributed by atoms with E-state index >= 15 is 0 Å². The first-order chi connectivity index (χ1) is 25.3. The standard InChI is InChI=1S/C47H31N3O/c1-3-13-33(14-4-1)47-48-46-41-20-8-7-17-38(41)42(31-45(46)51-47)32-23-25-35(26-24-32)49(34-15-5-2-6-16-34)36-27-29-37(30-28-36)50-43-21-11-9-18-39(43)40-19-10-12-22-44(40)50/h1-31H. The van der Waals surface area contributed by atoms with Gasteiger partial charge in [-0.25, -0.2) is 4.98 Å². The van der Waals surface area contributed by atoms with Gasteiger partial charge in [-0.1, -0.05) is 109 Å². The molecule has 240 valence electrons. The molecule has 10 rings (SSSR count). The minimum absolute atomic E-state index is 0.630. The van der Waals surface area contributed by atoms with Gasteiger partial charge < -0.3 is 13.9 Å². The predicted octanol–water partition coefficient (Wildman–Crippen LogP) is 12.9. The number of nitrogens with zero attached hydrogens (tertiary/aromatic N) is 3. The second kappa shape index (κ2) is 11.9. The van der Waals surface area contributed by atoms with Gasteiger partial charge in [-0.05, 0) is 95.4 Å². The molecule has 2 heterocycles. The number of hydrogen-bond acceptors (Lipinski definition) is 3. The van der Waals surface area contributed by atoms with E-state index in [1.165, 1.54) is 21.8 Å². The fourth-order valence-corrected chi connectivity index (χ4v) is 7.46. The normalized spacial score (nSPS) is 11.5. The lowest BCUT2D eigenvalue weighted by atomic mass is 9.97. The Morgan fingerprint density at radius 1 is 0.431 bits per heavy atom. The Labute approximate surface area is 295 Å². The molecule has 0 saturated heterocycles. The van der Waals surface area contributed by atoms with Crippen molar-refractivity contribution in [2.75, 3.05) is 4.90 Å². The molecule has 0 radical (unpaired) electrons. The van der Waals surface area contributed by atoms with E-state index in [2.05, 4.69) is 167 Å². The molecule has 0 fully saturated rings. The number of anilines is 3. The first-order valence-electron chi connectivity index (χ1n) is 17.2. The van der Waals surface area contributed by atoms with Crippen LogP contribution >= 0.6 is 0 Å². The zero-order valence-electron chi connectivity index (χ0n) is 27.6. The fraction of sp³-hybridized carbons (Fsp3) is 0. The van der Waals surface area contributed by atoms with E-state index in [4.69, 9.17) is 9.40 Å². The highest BCUT2D eigenvalue weighted by Crippen LogP contribution is 2.40. The summed E-state index contributed by atoms with van der Waals surface area (Å²) in [4.78, 5) is 7.24. The molecule has 4 nitrogen and oxygen atoms in total. The van der Waals surface area contributed by atoms with E-state index in [1.54, 1.807) is 0 Å². The van der Waals surface area contributed by atoms with Crippen LogP contribution < -0.4 is 4.90 Å². The molecule has 0 spiro atoms. The number of aromatic nitrogens is 2. The lowest BCUT2D eigenvalue weighted by Crippen LogP contribution is -2.10. The highest BCUT2D eigenvalue weighted by atomic mass is 16.3. The number of hydrogen-bond donors (Lipinski definition) is 0. The van der Waals surface area contributed by atoms with Crippen LogP contribution in [0.3, 0.4) is 0 Å². The van der Waals surface area contributed by atoms with Gasteiger partial charge in [0.2, 0.25) is 5.89 Å². The summed E-state index contributed by atoms with van der Waals surface area (Å²) < 4.78 is 8.72. The summed E-state index contributed by atoms with van der Waals surface area (Å²) in [5.41, 5.74) is 11.6. The smallest absolute Gasteiger partial charge is 0.227 e. The topological polar surface area (TPSA) is 34.2 Å². The average Bonchev–Trinajstić information content (AvgIpc) is 3.79. The first kappa shape index (κ1) is 29.0. The van der Waals surface area contributed by atoms with Crippen molar-refractivity contribution in [3.8, 4) is 28.3 Å². The number of benzene rings is 8. The summed E-state index contributed by atoms with van der Waals surface area (Å²) >= 11 is 0. The molecular weight excluding hydrogens is 623 g/mol. The number of rotatable bonds is 6. The lowest BCUT2D eigenvalue weighted by molar-refractivity contribution is 0.620. The van der Waals surface area contributed by atoms with E-state index in [1.807, 2.05) is 30.3 Å². The van der Waals surface area contributed by atoms with Crippen LogP contribution in [0, 0.1) is 0 Å². The fourth-order valence-electron chi connectivity index (χ4n) is 7.46. The Balaban J connectivity index is 1.06. The Morgan fingerprint density at radius 3 is 1.59 bits per heavy atom. The van der Waals surface area contributed by atoms with Gasteiger partial charge in [-0.2, -0.15) is 0 Å². The molecule has 0 amide bonds.